The molecule has 1 aromatic heterocycles. The quantitative estimate of drug-likeness (QED) is 0.459. The molecule has 0 fully saturated rings. The van der Waals surface area contributed by atoms with E-state index in [9.17, 15) is 0 Å². The Morgan fingerprint density at radius 1 is 0.625 bits per heavy atom. The van der Waals surface area contributed by atoms with Gasteiger partial charge in [-0.2, -0.15) is 0 Å². The molecular weight excluding hydrogens is 306 g/mol. The molecule has 0 bridgehead atoms. The van der Waals surface area contributed by atoms with Crippen LogP contribution in [-0.4, -0.2) is 18.6 Å². The van der Waals surface area contributed by atoms with Gasteiger partial charge >= 0.3 is 0 Å². The standard InChI is InChI=1S/C19H11NO4/c1-2-12-13-5-17-16(22-9-23-17)4-11(13)7-20-19(12)14-6-18-15(3-10(1)14)21-8-24-18/h1-7H,8-9H2. The summed E-state index contributed by atoms with van der Waals surface area (Å²) in [5.74, 6) is 3.10. The lowest BCUT2D eigenvalue weighted by atomic mass is 10.0. The topological polar surface area (TPSA) is 49.8 Å². The van der Waals surface area contributed by atoms with E-state index in [-0.39, 0.29) is 13.6 Å². The van der Waals surface area contributed by atoms with Gasteiger partial charge in [0.1, 0.15) is 0 Å². The van der Waals surface area contributed by atoms with Crippen molar-refractivity contribution in [2.75, 3.05) is 13.6 Å². The summed E-state index contributed by atoms with van der Waals surface area (Å²) in [6, 6.07) is 12.2. The van der Waals surface area contributed by atoms with Crippen molar-refractivity contribution in [3.63, 3.8) is 0 Å². The van der Waals surface area contributed by atoms with Crippen LogP contribution in [0.4, 0.5) is 0 Å². The van der Waals surface area contributed by atoms with Gasteiger partial charge in [0.2, 0.25) is 13.6 Å². The lowest BCUT2D eigenvalue weighted by Crippen LogP contribution is -1.92. The molecule has 0 radical (unpaired) electrons. The maximum atomic E-state index is 5.52. The van der Waals surface area contributed by atoms with Gasteiger partial charge in [-0.05, 0) is 35.0 Å². The first-order valence-corrected chi connectivity index (χ1v) is 7.71. The van der Waals surface area contributed by atoms with E-state index in [1.807, 2.05) is 30.5 Å². The SMILES string of the molecule is c1nc2c3cc4c(cc3ccc2c2cc3c(cc12)OCO3)OCO4. The van der Waals surface area contributed by atoms with E-state index in [0.29, 0.717) is 0 Å². The fourth-order valence-corrected chi connectivity index (χ4v) is 3.49. The molecule has 0 saturated carbocycles. The van der Waals surface area contributed by atoms with E-state index in [1.54, 1.807) is 0 Å². The third kappa shape index (κ3) is 1.51. The number of pyridine rings is 1. The Hall–Kier alpha value is -3.21. The third-order valence-electron chi connectivity index (χ3n) is 4.65. The fourth-order valence-electron chi connectivity index (χ4n) is 3.49. The number of ether oxygens (including phenoxy) is 4. The zero-order valence-corrected chi connectivity index (χ0v) is 12.5. The average Bonchev–Trinajstić information content (AvgIpc) is 3.25. The number of benzene rings is 3. The van der Waals surface area contributed by atoms with E-state index < -0.39 is 0 Å². The second kappa shape index (κ2) is 4.20. The molecule has 0 saturated heterocycles. The van der Waals surface area contributed by atoms with Gasteiger partial charge in [-0.25, -0.2) is 0 Å². The Balaban J connectivity index is 1.74. The van der Waals surface area contributed by atoms with E-state index in [4.69, 9.17) is 23.9 Å². The van der Waals surface area contributed by atoms with Crippen molar-refractivity contribution in [2.45, 2.75) is 0 Å². The van der Waals surface area contributed by atoms with Crippen LogP contribution in [0.2, 0.25) is 0 Å². The first-order chi connectivity index (χ1) is 11.9. The lowest BCUT2D eigenvalue weighted by Gasteiger charge is -2.08. The lowest BCUT2D eigenvalue weighted by molar-refractivity contribution is 0.173. The van der Waals surface area contributed by atoms with Gasteiger partial charge in [-0.15, -0.1) is 0 Å². The number of nitrogens with zero attached hydrogens (tertiary/aromatic N) is 1. The molecule has 5 heteroatoms. The normalized spacial score (nSPS) is 14.8. The molecule has 24 heavy (non-hydrogen) atoms. The van der Waals surface area contributed by atoms with Crippen LogP contribution in [0, 0.1) is 0 Å². The zero-order valence-electron chi connectivity index (χ0n) is 12.5. The molecule has 3 heterocycles. The van der Waals surface area contributed by atoms with Gasteiger partial charge < -0.3 is 18.9 Å². The highest BCUT2D eigenvalue weighted by atomic mass is 16.7. The molecule has 6 rings (SSSR count). The first kappa shape index (κ1) is 12.2. The molecule has 3 aromatic carbocycles. The monoisotopic (exact) mass is 317 g/mol. The third-order valence-corrected chi connectivity index (χ3v) is 4.65. The Morgan fingerprint density at radius 3 is 2.00 bits per heavy atom. The van der Waals surface area contributed by atoms with Gasteiger partial charge in [0, 0.05) is 22.4 Å². The van der Waals surface area contributed by atoms with Gasteiger partial charge in [-0.1, -0.05) is 12.1 Å². The van der Waals surface area contributed by atoms with Crippen LogP contribution in [0.25, 0.3) is 32.4 Å². The van der Waals surface area contributed by atoms with Crippen molar-refractivity contribution < 1.29 is 18.9 Å². The molecule has 0 aliphatic carbocycles. The summed E-state index contributed by atoms with van der Waals surface area (Å²) >= 11 is 0. The van der Waals surface area contributed by atoms with Crippen LogP contribution in [0.5, 0.6) is 23.0 Å². The molecule has 2 aliphatic rings. The minimum atomic E-state index is 0.267. The van der Waals surface area contributed by atoms with Crippen molar-refractivity contribution >= 4 is 32.4 Å². The van der Waals surface area contributed by atoms with Crippen molar-refractivity contribution in [1.29, 1.82) is 0 Å². The summed E-state index contributed by atoms with van der Waals surface area (Å²) in [6.45, 7) is 0.535. The number of fused-ring (bicyclic) bond motifs is 7. The molecule has 116 valence electrons. The fraction of sp³-hybridized carbons (Fsp3) is 0.105. The molecule has 2 aliphatic heterocycles. The highest BCUT2D eigenvalue weighted by molar-refractivity contribution is 6.16. The highest BCUT2D eigenvalue weighted by Crippen LogP contribution is 2.41. The van der Waals surface area contributed by atoms with Crippen molar-refractivity contribution in [2.24, 2.45) is 0 Å². The molecule has 0 atom stereocenters. The molecular formula is C19H11NO4. The molecule has 4 aromatic rings. The van der Waals surface area contributed by atoms with Crippen LogP contribution in [0.3, 0.4) is 0 Å². The van der Waals surface area contributed by atoms with E-state index in [0.717, 1.165) is 55.4 Å². The van der Waals surface area contributed by atoms with Crippen molar-refractivity contribution in [3.8, 4) is 23.0 Å². The largest absolute Gasteiger partial charge is 0.454 e. The second-order valence-electron chi connectivity index (χ2n) is 5.94. The van der Waals surface area contributed by atoms with Gasteiger partial charge in [-0.3, -0.25) is 4.98 Å². The predicted molar refractivity (Wildman–Crippen MR) is 89.0 cm³/mol. The summed E-state index contributed by atoms with van der Waals surface area (Å²) in [6.07, 6.45) is 1.88. The Labute approximate surface area is 136 Å². The van der Waals surface area contributed by atoms with Gasteiger partial charge in [0.25, 0.3) is 0 Å². The number of aromatic nitrogens is 1. The summed E-state index contributed by atoms with van der Waals surface area (Å²) in [5, 5.41) is 5.35. The van der Waals surface area contributed by atoms with Gasteiger partial charge in [0.05, 0.1) is 5.52 Å². The average molecular weight is 317 g/mol. The van der Waals surface area contributed by atoms with E-state index >= 15 is 0 Å². The Bertz CT molecular complexity index is 1080. The van der Waals surface area contributed by atoms with E-state index in [2.05, 4.69) is 12.1 Å². The Kier molecular flexibility index (Phi) is 2.14. The number of rotatable bonds is 0. The minimum Gasteiger partial charge on any atom is -0.454 e. The number of hydrogen-bond acceptors (Lipinski definition) is 5. The first-order valence-electron chi connectivity index (χ1n) is 7.71. The molecule has 0 N–H and O–H groups in total. The highest BCUT2D eigenvalue weighted by Gasteiger charge is 2.18. The Morgan fingerprint density at radius 2 is 1.25 bits per heavy atom. The summed E-state index contributed by atoms with van der Waals surface area (Å²) in [5.41, 5.74) is 0.942. The summed E-state index contributed by atoms with van der Waals surface area (Å²) in [7, 11) is 0. The van der Waals surface area contributed by atoms with Gasteiger partial charge in [0.15, 0.2) is 23.0 Å². The maximum absolute atomic E-state index is 5.52. The predicted octanol–water partition coefficient (Wildman–Crippen LogP) is 4.00. The van der Waals surface area contributed by atoms with Crippen LogP contribution >= 0.6 is 0 Å². The maximum Gasteiger partial charge on any atom is 0.231 e. The smallest absolute Gasteiger partial charge is 0.231 e. The zero-order chi connectivity index (χ0) is 15.7. The minimum absolute atomic E-state index is 0.267. The summed E-state index contributed by atoms with van der Waals surface area (Å²) < 4.78 is 22.0. The van der Waals surface area contributed by atoms with Crippen LogP contribution in [-0.2, 0) is 0 Å². The second-order valence-corrected chi connectivity index (χ2v) is 5.94. The van der Waals surface area contributed by atoms with Crippen LogP contribution in [0.15, 0.2) is 42.6 Å². The number of hydrogen-bond donors (Lipinski definition) is 0. The summed E-state index contributed by atoms with van der Waals surface area (Å²) in [4.78, 5) is 4.70. The van der Waals surface area contributed by atoms with Crippen molar-refractivity contribution in [3.05, 3.63) is 42.6 Å². The van der Waals surface area contributed by atoms with E-state index in [1.165, 1.54) is 0 Å². The van der Waals surface area contributed by atoms with Crippen LogP contribution < -0.4 is 18.9 Å². The van der Waals surface area contributed by atoms with Crippen molar-refractivity contribution in [1.82, 2.24) is 4.98 Å². The molecule has 0 spiro atoms. The molecule has 5 nitrogen and oxygen atoms in total. The van der Waals surface area contributed by atoms with Crippen LogP contribution in [0.1, 0.15) is 0 Å². The molecule has 0 amide bonds. The molecule has 0 unspecified atom stereocenters.